The molecule has 0 aliphatic carbocycles. The largest absolute Gasteiger partial charge is 0.493 e. The summed E-state index contributed by atoms with van der Waals surface area (Å²) in [6.07, 6.45) is 6.58. The molecule has 0 aliphatic rings. The van der Waals surface area contributed by atoms with E-state index in [9.17, 15) is 4.79 Å². The lowest BCUT2D eigenvalue weighted by Gasteiger charge is -2.10. The van der Waals surface area contributed by atoms with Crippen molar-refractivity contribution in [1.29, 1.82) is 0 Å². The Bertz CT molecular complexity index is 1030. The number of anilines is 1. The van der Waals surface area contributed by atoms with E-state index in [-0.39, 0.29) is 19.1 Å². The number of ether oxygens (including phenoxy) is 2. The van der Waals surface area contributed by atoms with Crippen LogP contribution >= 0.6 is 0 Å². The summed E-state index contributed by atoms with van der Waals surface area (Å²) < 4.78 is 12.6. The molecule has 7 nitrogen and oxygen atoms in total. The first-order valence-electron chi connectivity index (χ1n) is 9.55. The van der Waals surface area contributed by atoms with Gasteiger partial charge in [0, 0.05) is 18.8 Å². The molecule has 30 heavy (non-hydrogen) atoms. The third-order valence-corrected chi connectivity index (χ3v) is 4.30. The minimum atomic E-state index is -0.288. The molecule has 0 atom stereocenters. The second kappa shape index (κ2) is 10.3. The fourth-order valence-electron chi connectivity index (χ4n) is 2.94. The maximum atomic E-state index is 12.2. The molecule has 2 aromatic carbocycles. The highest BCUT2D eigenvalue weighted by Gasteiger charge is 2.06. The second-order valence-corrected chi connectivity index (χ2v) is 6.73. The molecular formula is C23H25N3O4. The summed E-state index contributed by atoms with van der Waals surface area (Å²) in [5.41, 5.74) is 3.14. The number of benzene rings is 2. The molecule has 0 bridgehead atoms. The number of hydrogen-bond acceptors (Lipinski definition) is 5. The first-order chi connectivity index (χ1) is 14.6. The number of nitrogens with zero attached hydrogens (tertiary/aromatic N) is 2. The van der Waals surface area contributed by atoms with Crippen molar-refractivity contribution < 1.29 is 19.4 Å². The van der Waals surface area contributed by atoms with Crippen molar-refractivity contribution in [3.63, 3.8) is 0 Å². The van der Waals surface area contributed by atoms with E-state index in [2.05, 4.69) is 35.4 Å². The van der Waals surface area contributed by atoms with Gasteiger partial charge in [0.25, 0.3) is 0 Å². The standard InChI is InChI=1S/C23H25N3O4/c1-17-4-3-5-19(12-17)14-26-15-22(24-16-26)25-23(28)9-7-18-6-8-20(29-2)21(13-18)30-11-10-27/h3-9,12-13,15-16,27H,10-11,14H2,1-2H3,(H,25,28)/b9-7+. The van der Waals surface area contributed by atoms with Gasteiger partial charge in [-0.05, 0) is 36.3 Å². The SMILES string of the molecule is COc1ccc(/C=C/C(=O)Nc2cn(Cc3cccc(C)c3)cn2)cc1OCCO. The van der Waals surface area contributed by atoms with Crippen LogP contribution in [0.5, 0.6) is 11.5 Å². The van der Waals surface area contributed by atoms with E-state index in [1.165, 1.54) is 17.2 Å². The van der Waals surface area contributed by atoms with E-state index >= 15 is 0 Å². The Kier molecular flexibility index (Phi) is 7.24. The van der Waals surface area contributed by atoms with Crippen molar-refractivity contribution in [2.75, 3.05) is 25.6 Å². The third-order valence-electron chi connectivity index (χ3n) is 4.30. The topological polar surface area (TPSA) is 85.6 Å². The molecule has 0 fully saturated rings. The number of aliphatic hydroxyl groups is 1. The number of amides is 1. The highest BCUT2D eigenvalue weighted by Crippen LogP contribution is 2.28. The van der Waals surface area contributed by atoms with Crippen LogP contribution in [0.4, 0.5) is 5.82 Å². The number of aryl methyl sites for hydroxylation is 1. The number of aromatic nitrogens is 2. The van der Waals surface area contributed by atoms with Gasteiger partial charge >= 0.3 is 0 Å². The van der Waals surface area contributed by atoms with Crippen LogP contribution in [0, 0.1) is 6.92 Å². The van der Waals surface area contributed by atoms with Crippen molar-refractivity contribution in [1.82, 2.24) is 9.55 Å². The Labute approximate surface area is 175 Å². The minimum absolute atomic E-state index is 0.0951. The first-order valence-corrected chi connectivity index (χ1v) is 9.55. The molecule has 0 unspecified atom stereocenters. The number of aliphatic hydroxyl groups excluding tert-OH is 1. The zero-order valence-corrected chi connectivity index (χ0v) is 17.0. The molecule has 0 aliphatic heterocycles. The number of hydrogen-bond donors (Lipinski definition) is 2. The lowest BCUT2D eigenvalue weighted by Crippen LogP contribution is -2.08. The molecule has 2 N–H and O–H groups in total. The van der Waals surface area contributed by atoms with E-state index in [1.807, 2.05) is 16.7 Å². The minimum Gasteiger partial charge on any atom is -0.493 e. The molecule has 0 spiro atoms. The predicted molar refractivity (Wildman–Crippen MR) is 116 cm³/mol. The van der Waals surface area contributed by atoms with Crippen LogP contribution < -0.4 is 14.8 Å². The van der Waals surface area contributed by atoms with Crippen molar-refractivity contribution in [3.05, 3.63) is 77.8 Å². The van der Waals surface area contributed by atoms with Gasteiger partial charge in [-0.1, -0.05) is 35.9 Å². The smallest absolute Gasteiger partial charge is 0.249 e. The van der Waals surface area contributed by atoms with Gasteiger partial charge in [0.1, 0.15) is 6.61 Å². The van der Waals surface area contributed by atoms with E-state index in [1.54, 1.807) is 37.8 Å². The highest BCUT2D eigenvalue weighted by molar-refractivity contribution is 6.01. The maximum absolute atomic E-state index is 12.2. The molecule has 0 saturated carbocycles. The van der Waals surface area contributed by atoms with Crippen LogP contribution in [0.1, 0.15) is 16.7 Å². The average molecular weight is 407 g/mol. The van der Waals surface area contributed by atoms with E-state index in [4.69, 9.17) is 14.6 Å². The monoisotopic (exact) mass is 407 g/mol. The van der Waals surface area contributed by atoms with E-state index in [0.29, 0.717) is 23.9 Å². The fraction of sp³-hybridized carbons (Fsp3) is 0.217. The van der Waals surface area contributed by atoms with E-state index in [0.717, 1.165) is 5.56 Å². The predicted octanol–water partition coefficient (Wildman–Crippen LogP) is 3.27. The summed E-state index contributed by atoms with van der Waals surface area (Å²) in [5, 5.41) is 11.7. The molecule has 1 amide bonds. The summed E-state index contributed by atoms with van der Waals surface area (Å²) in [5.74, 6) is 1.26. The van der Waals surface area contributed by atoms with Crippen molar-refractivity contribution in [3.8, 4) is 11.5 Å². The number of rotatable bonds is 9. The van der Waals surface area contributed by atoms with Gasteiger partial charge in [0.05, 0.1) is 20.0 Å². The Balaban J connectivity index is 1.60. The Morgan fingerprint density at radius 1 is 1.23 bits per heavy atom. The number of carbonyl (C=O) groups is 1. The molecule has 3 rings (SSSR count). The Morgan fingerprint density at radius 3 is 2.87 bits per heavy atom. The van der Waals surface area contributed by atoms with Crippen LogP contribution in [-0.2, 0) is 11.3 Å². The number of methoxy groups -OCH3 is 1. The number of imidazole rings is 1. The summed E-state index contributed by atoms with van der Waals surface area (Å²) in [7, 11) is 1.54. The van der Waals surface area contributed by atoms with Gasteiger partial charge < -0.3 is 24.5 Å². The molecule has 0 radical (unpaired) electrons. The molecule has 0 saturated heterocycles. The molecule has 1 aromatic heterocycles. The van der Waals surface area contributed by atoms with Gasteiger partial charge in [0.15, 0.2) is 17.3 Å². The maximum Gasteiger partial charge on any atom is 0.249 e. The average Bonchev–Trinajstić information content (AvgIpc) is 3.17. The Morgan fingerprint density at radius 2 is 2.10 bits per heavy atom. The van der Waals surface area contributed by atoms with E-state index < -0.39 is 0 Å². The van der Waals surface area contributed by atoms with Gasteiger partial charge in [-0.3, -0.25) is 4.79 Å². The lowest BCUT2D eigenvalue weighted by atomic mass is 10.1. The number of carbonyl (C=O) groups excluding carboxylic acids is 1. The third kappa shape index (κ3) is 5.96. The summed E-state index contributed by atoms with van der Waals surface area (Å²) in [6, 6.07) is 13.6. The van der Waals surface area contributed by atoms with Crippen LogP contribution in [0.15, 0.2) is 61.1 Å². The van der Waals surface area contributed by atoms with Crippen LogP contribution in [0.2, 0.25) is 0 Å². The van der Waals surface area contributed by atoms with Gasteiger partial charge in [-0.15, -0.1) is 0 Å². The van der Waals surface area contributed by atoms with Crippen molar-refractivity contribution >= 4 is 17.8 Å². The van der Waals surface area contributed by atoms with Crippen LogP contribution in [-0.4, -0.2) is 40.9 Å². The summed E-state index contributed by atoms with van der Waals surface area (Å²) in [6.45, 7) is 2.81. The fourth-order valence-corrected chi connectivity index (χ4v) is 2.94. The number of nitrogens with one attached hydrogen (secondary N) is 1. The molecule has 156 valence electrons. The lowest BCUT2D eigenvalue weighted by molar-refractivity contribution is -0.111. The normalized spacial score (nSPS) is 10.9. The zero-order valence-electron chi connectivity index (χ0n) is 17.0. The second-order valence-electron chi connectivity index (χ2n) is 6.73. The summed E-state index contributed by atoms with van der Waals surface area (Å²) in [4.78, 5) is 16.5. The molecule has 7 heteroatoms. The van der Waals surface area contributed by atoms with Crippen molar-refractivity contribution in [2.24, 2.45) is 0 Å². The molecule has 3 aromatic rings. The zero-order chi connectivity index (χ0) is 21.3. The van der Waals surface area contributed by atoms with Gasteiger partial charge in [-0.25, -0.2) is 4.98 Å². The molecule has 1 heterocycles. The highest BCUT2D eigenvalue weighted by atomic mass is 16.5. The Hall–Kier alpha value is -3.58. The van der Waals surface area contributed by atoms with Gasteiger partial charge in [-0.2, -0.15) is 0 Å². The quantitative estimate of drug-likeness (QED) is 0.532. The van der Waals surface area contributed by atoms with Crippen molar-refractivity contribution in [2.45, 2.75) is 13.5 Å². The van der Waals surface area contributed by atoms with Crippen LogP contribution in [0.3, 0.4) is 0 Å². The van der Waals surface area contributed by atoms with Gasteiger partial charge in [0.2, 0.25) is 5.91 Å². The van der Waals surface area contributed by atoms with Crippen LogP contribution in [0.25, 0.3) is 6.08 Å². The summed E-state index contributed by atoms with van der Waals surface area (Å²) >= 11 is 0. The first kappa shape index (κ1) is 21.1. The molecular weight excluding hydrogens is 382 g/mol.